The number of carbonyl (C=O) groups excluding carboxylic acids is 1. The fourth-order valence-corrected chi connectivity index (χ4v) is 2.47. The van der Waals surface area contributed by atoms with Crippen molar-refractivity contribution in [1.29, 1.82) is 0 Å². The Morgan fingerprint density at radius 2 is 2.05 bits per heavy atom. The zero-order valence-corrected chi connectivity index (χ0v) is 12.4. The van der Waals surface area contributed by atoms with E-state index in [1.54, 1.807) is 0 Å². The molecule has 0 saturated heterocycles. The third-order valence-electron chi connectivity index (χ3n) is 3.42. The van der Waals surface area contributed by atoms with Gasteiger partial charge in [0.2, 0.25) is 0 Å². The Morgan fingerprint density at radius 1 is 1.45 bits per heavy atom. The van der Waals surface area contributed by atoms with Crippen molar-refractivity contribution in [2.45, 2.75) is 64.1 Å². The number of rotatable bonds is 4. The van der Waals surface area contributed by atoms with Crippen LogP contribution in [0.25, 0.3) is 10.4 Å². The normalized spacial score (nSPS) is 24.4. The van der Waals surface area contributed by atoms with Gasteiger partial charge in [-0.25, -0.2) is 4.79 Å². The first kappa shape index (κ1) is 16.6. The number of nitrogens with one attached hydrogen (secondary N) is 1. The average molecular weight is 284 g/mol. The summed E-state index contributed by atoms with van der Waals surface area (Å²) in [6.07, 6.45) is 2.87. The molecule has 1 rings (SSSR count). The van der Waals surface area contributed by atoms with Gasteiger partial charge in [0, 0.05) is 11.0 Å². The minimum Gasteiger partial charge on any atom is -0.444 e. The van der Waals surface area contributed by atoms with Crippen LogP contribution < -0.4 is 5.32 Å². The Morgan fingerprint density at radius 3 is 2.50 bits per heavy atom. The Bertz CT molecular complexity index is 366. The van der Waals surface area contributed by atoms with E-state index < -0.39 is 11.7 Å². The molecule has 0 heterocycles. The highest BCUT2D eigenvalue weighted by molar-refractivity contribution is 5.68. The summed E-state index contributed by atoms with van der Waals surface area (Å²) >= 11 is 0. The van der Waals surface area contributed by atoms with Gasteiger partial charge in [-0.05, 0) is 57.9 Å². The maximum absolute atomic E-state index is 11.7. The molecule has 1 aliphatic rings. The summed E-state index contributed by atoms with van der Waals surface area (Å²) in [5, 5.41) is 15.7. The monoisotopic (exact) mass is 284 g/mol. The molecule has 1 saturated carbocycles. The van der Waals surface area contributed by atoms with Crippen molar-refractivity contribution in [3.05, 3.63) is 10.4 Å². The molecule has 7 heteroatoms. The molecule has 0 aliphatic heterocycles. The molecule has 0 aromatic rings. The van der Waals surface area contributed by atoms with Gasteiger partial charge in [-0.3, -0.25) is 0 Å². The first-order valence-electron chi connectivity index (χ1n) is 7.00. The Balaban J connectivity index is 2.39. The van der Waals surface area contributed by atoms with Gasteiger partial charge in [-0.1, -0.05) is 5.11 Å². The predicted octanol–water partition coefficient (Wildman–Crippen LogP) is 2.74. The van der Waals surface area contributed by atoms with Crippen molar-refractivity contribution in [2.24, 2.45) is 11.0 Å². The van der Waals surface area contributed by atoms with E-state index in [-0.39, 0.29) is 24.6 Å². The van der Waals surface area contributed by atoms with Gasteiger partial charge in [0.1, 0.15) is 5.60 Å². The highest BCUT2D eigenvalue weighted by atomic mass is 16.6. The molecular formula is C13H24N4O3. The summed E-state index contributed by atoms with van der Waals surface area (Å²) in [4.78, 5) is 14.4. The smallest absolute Gasteiger partial charge is 0.407 e. The van der Waals surface area contributed by atoms with Crippen LogP contribution in [0.2, 0.25) is 0 Å². The number of aliphatic hydroxyl groups is 1. The quantitative estimate of drug-likeness (QED) is 0.470. The van der Waals surface area contributed by atoms with Gasteiger partial charge >= 0.3 is 6.09 Å². The molecule has 114 valence electrons. The number of alkyl carbamates (subject to hydrolysis) is 1. The Labute approximate surface area is 119 Å². The van der Waals surface area contributed by atoms with E-state index >= 15 is 0 Å². The van der Waals surface area contributed by atoms with Crippen LogP contribution in [-0.2, 0) is 4.74 Å². The third-order valence-corrected chi connectivity index (χ3v) is 3.42. The van der Waals surface area contributed by atoms with Gasteiger partial charge in [-0.2, -0.15) is 0 Å². The van der Waals surface area contributed by atoms with E-state index in [0.29, 0.717) is 0 Å². The lowest BCUT2D eigenvalue weighted by atomic mass is 9.82. The van der Waals surface area contributed by atoms with Crippen LogP contribution in [0.3, 0.4) is 0 Å². The topological polar surface area (TPSA) is 107 Å². The van der Waals surface area contributed by atoms with Gasteiger partial charge in [0.15, 0.2) is 0 Å². The molecule has 20 heavy (non-hydrogen) atoms. The third kappa shape index (κ3) is 5.67. The van der Waals surface area contributed by atoms with Crippen molar-refractivity contribution >= 4 is 6.09 Å². The number of hydrogen-bond donors (Lipinski definition) is 2. The van der Waals surface area contributed by atoms with Crippen molar-refractivity contribution in [2.75, 3.05) is 6.61 Å². The molecule has 0 aromatic carbocycles. The van der Waals surface area contributed by atoms with Crippen molar-refractivity contribution in [3.8, 4) is 0 Å². The zero-order chi connectivity index (χ0) is 15.2. The number of ether oxygens (including phenoxy) is 1. The molecule has 1 fully saturated rings. The number of aliphatic hydroxyl groups excluding tert-OH is 1. The predicted molar refractivity (Wildman–Crippen MR) is 75.1 cm³/mol. The molecule has 1 amide bonds. The number of hydrogen-bond acceptors (Lipinski definition) is 4. The molecule has 0 spiro atoms. The first-order chi connectivity index (χ1) is 9.35. The molecular weight excluding hydrogens is 260 g/mol. The summed E-state index contributed by atoms with van der Waals surface area (Å²) in [6.45, 7) is 5.36. The summed E-state index contributed by atoms with van der Waals surface area (Å²) < 4.78 is 5.22. The van der Waals surface area contributed by atoms with E-state index in [0.717, 1.165) is 25.7 Å². The molecule has 1 aliphatic carbocycles. The first-order valence-corrected chi connectivity index (χ1v) is 7.00. The van der Waals surface area contributed by atoms with E-state index in [9.17, 15) is 9.90 Å². The standard InChI is InChI=1S/C13H24N4O3/c1-13(2,3)20-12(19)15-10-6-4-9(5-7-10)11(8-18)16-17-14/h9-11,18H,4-8H2,1-3H3,(H,15,19). The van der Waals surface area contributed by atoms with E-state index in [2.05, 4.69) is 15.3 Å². The highest BCUT2D eigenvalue weighted by Crippen LogP contribution is 2.28. The van der Waals surface area contributed by atoms with Gasteiger partial charge in [0.25, 0.3) is 0 Å². The van der Waals surface area contributed by atoms with Crippen molar-refractivity contribution < 1.29 is 14.6 Å². The fraction of sp³-hybridized carbons (Fsp3) is 0.923. The molecule has 1 atom stereocenters. The van der Waals surface area contributed by atoms with Crippen LogP contribution in [0.1, 0.15) is 46.5 Å². The maximum atomic E-state index is 11.7. The summed E-state index contributed by atoms with van der Waals surface area (Å²) in [7, 11) is 0. The largest absolute Gasteiger partial charge is 0.444 e. The zero-order valence-electron chi connectivity index (χ0n) is 12.4. The highest BCUT2D eigenvalue weighted by Gasteiger charge is 2.28. The summed E-state index contributed by atoms with van der Waals surface area (Å²) in [5.74, 6) is 0.188. The molecule has 0 aromatic heterocycles. The van der Waals surface area contributed by atoms with Crippen LogP contribution in [0.15, 0.2) is 5.11 Å². The van der Waals surface area contributed by atoms with E-state index in [4.69, 9.17) is 10.3 Å². The number of azide groups is 1. The molecule has 0 bridgehead atoms. The number of amides is 1. The summed E-state index contributed by atoms with van der Waals surface area (Å²) in [6, 6.07) is -0.269. The van der Waals surface area contributed by atoms with Crippen LogP contribution in [0.5, 0.6) is 0 Å². The van der Waals surface area contributed by atoms with E-state index in [1.165, 1.54) is 0 Å². The fourth-order valence-electron chi connectivity index (χ4n) is 2.47. The second-order valence-electron chi connectivity index (χ2n) is 6.21. The lowest BCUT2D eigenvalue weighted by Gasteiger charge is -2.32. The average Bonchev–Trinajstić information content (AvgIpc) is 2.34. The maximum Gasteiger partial charge on any atom is 0.407 e. The van der Waals surface area contributed by atoms with Gasteiger partial charge in [0.05, 0.1) is 12.6 Å². The molecule has 2 N–H and O–H groups in total. The van der Waals surface area contributed by atoms with Gasteiger partial charge in [-0.15, -0.1) is 0 Å². The minimum absolute atomic E-state index is 0.0894. The lowest BCUT2D eigenvalue weighted by Crippen LogP contribution is -2.42. The number of nitrogens with zero attached hydrogens (tertiary/aromatic N) is 3. The Hall–Kier alpha value is -1.46. The second-order valence-corrected chi connectivity index (χ2v) is 6.21. The van der Waals surface area contributed by atoms with Crippen molar-refractivity contribution in [1.82, 2.24) is 5.32 Å². The van der Waals surface area contributed by atoms with E-state index in [1.807, 2.05) is 20.8 Å². The number of carbonyl (C=O) groups is 1. The summed E-state index contributed by atoms with van der Waals surface area (Å²) in [5.41, 5.74) is 7.96. The van der Waals surface area contributed by atoms with Crippen LogP contribution in [0, 0.1) is 5.92 Å². The van der Waals surface area contributed by atoms with Gasteiger partial charge < -0.3 is 15.2 Å². The van der Waals surface area contributed by atoms with Crippen LogP contribution in [-0.4, -0.2) is 35.5 Å². The lowest BCUT2D eigenvalue weighted by molar-refractivity contribution is 0.0483. The van der Waals surface area contributed by atoms with Crippen molar-refractivity contribution in [3.63, 3.8) is 0 Å². The second kappa shape index (κ2) is 7.36. The molecule has 0 radical (unpaired) electrons. The van der Waals surface area contributed by atoms with Crippen LogP contribution >= 0.6 is 0 Å². The molecule has 7 nitrogen and oxygen atoms in total. The SMILES string of the molecule is CC(C)(C)OC(=O)NC1CCC(C(CO)N=[N+]=[N-])CC1. The van der Waals surface area contributed by atoms with Crippen LogP contribution in [0.4, 0.5) is 4.79 Å². The Kier molecular flexibility index (Phi) is 6.10. The minimum atomic E-state index is -0.495. The molecule has 1 unspecified atom stereocenters.